The van der Waals surface area contributed by atoms with Crippen molar-refractivity contribution in [2.75, 3.05) is 18.5 Å². The van der Waals surface area contributed by atoms with Gasteiger partial charge in [-0.25, -0.2) is 4.79 Å². The molecule has 1 rings (SSSR count). The van der Waals surface area contributed by atoms with Crippen LogP contribution in [-0.2, 0) is 14.3 Å². The van der Waals surface area contributed by atoms with E-state index in [2.05, 4.69) is 20.3 Å². The first-order chi connectivity index (χ1) is 6.68. The lowest BCUT2D eigenvalue weighted by Crippen LogP contribution is -2.20. The largest absolute Gasteiger partial charge is 0.480 e. The molecule has 0 aliphatic rings. The topological polar surface area (TPSA) is 101 Å². The van der Waals surface area contributed by atoms with Crippen LogP contribution in [0.4, 0.5) is 5.13 Å². The van der Waals surface area contributed by atoms with E-state index >= 15 is 0 Å². The van der Waals surface area contributed by atoms with Crippen molar-refractivity contribution in [2.45, 2.75) is 0 Å². The Bertz CT molecular complexity index is 313. The summed E-state index contributed by atoms with van der Waals surface area (Å²) in [5, 5.41) is 18.0. The summed E-state index contributed by atoms with van der Waals surface area (Å²) in [5.74, 6) is -1.57. The highest BCUT2D eigenvalue weighted by atomic mass is 32.1. The summed E-state index contributed by atoms with van der Waals surface area (Å²) in [4.78, 5) is 21.0. The minimum atomic E-state index is -1.12. The average Bonchev–Trinajstić information content (AvgIpc) is 2.56. The number of carbonyl (C=O) groups is 2. The van der Waals surface area contributed by atoms with E-state index in [0.717, 1.165) is 11.3 Å². The number of hydrogen-bond donors (Lipinski definition) is 2. The van der Waals surface area contributed by atoms with Crippen molar-refractivity contribution < 1.29 is 19.4 Å². The van der Waals surface area contributed by atoms with Crippen molar-refractivity contribution in [1.82, 2.24) is 10.2 Å². The van der Waals surface area contributed by atoms with Crippen LogP contribution < -0.4 is 5.32 Å². The molecule has 14 heavy (non-hydrogen) atoms. The van der Waals surface area contributed by atoms with E-state index in [1.165, 1.54) is 5.51 Å². The molecule has 1 aromatic rings. The summed E-state index contributed by atoms with van der Waals surface area (Å²) in [6.07, 6.45) is 0. The van der Waals surface area contributed by atoms with E-state index in [9.17, 15) is 9.59 Å². The van der Waals surface area contributed by atoms with Crippen LogP contribution in [0.3, 0.4) is 0 Å². The number of nitrogens with one attached hydrogen (secondary N) is 1. The molecule has 2 N–H and O–H groups in total. The van der Waals surface area contributed by atoms with Gasteiger partial charge in [0.25, 0.3) is 5.91 Å². The van der Waals surface area contributed by atoms with Gasteiger partial charge in [-0.15, -0.1) is 10.2 Å². The standard InChI is InChI=1S/C6H7N3O4S/c10-4(1-13-2-5(11)12)8-6-9-7-3-14-6/h3H,1-2H2,(H,11,12)(H,8,9,10). The fourth-order valence-electron chi connectivity index (χ4n) is 0.614. The predicted molar refractivity (Wildman–Crippen MR) is 47.0 cm³/mol. The monoisotopic (exact) mass is 217 g/mol. The van der Waals surface area contributed by atoms with Gasteiger partial charge in [0.05, 0.1) is 0 Å². The molecule has 0 aromatic carbocycles. The Balaban J connectivity index is 2.20. The van der Waals surface area contributed by atoms with Gasteiger partial charge in [0.1, 0.15) is 18.7 Å². The summed E-state index contributed by atoms with van der Waals surface area (Å²) < 4.78 is 4.55. The first-order valence-electron chi connectivity index (χ1n) is 3.54. The number of aromatic nitrogens is 2. The zero-order valence-corrected chi connectivity index (χ0v) is 7.78. The molecule has 0 saturated heterocycles. The van der Waals surface area contributed by atoms with Gasteiger partial charge in [-0.05, 0) is 0 Å². The summed E-state index contributed by atoms with van der Waals surface area (Å²) in [7, 11) is 0. The second-order valence-corrected chi connectivity index (χ2v) is 3.01. The lowest BCUT2D eigenvalue weighted by Gasteiger charge is -2.00. The van der Waals surface area contributed by atoms with Crippen LogP contribution in [0.25, 0.3) is 0 Å². The number of anilines is 1. The second-order valence-electron chi connectivity index (χ2n) is 2.18. The van der Waals surface area contributed by atoms with Crippen LogP contribution in [0.15, 0.2) is 5.51 Å². The number of aliphatic carboxylic acids is 1. The number of rotatable bonds is 5. The van der Waals surface area contributed by atoms with Gasteiger partial charge in [-0.2, -0.15) is 0 Å². The molecule has 8 heteroatoms. The van der Waals surface area contributed by atoms with Crippen molar-refractivity contribution in [2.24, 2.45) is 0 Å². The number of carboxylic acids is 1. The lowest BCUT2D eigenvalue weighted by molar-refractivity contribution is -0.143. The molecule has 0 atom stereocenters. The van der Waals surface area contributed by atoms with Gasteiger partial charge in [0, 0.05) is 0 Å². The van der Waals surface area contributed by atoms with Gasteiger partial charge in [0.15, 0.2) is 0 Å². The summed E-state index contributed by atoms with van der Waals surface area (Å²) in [5.41, 5.74) is 1.47. The Labute approximate surface area is 82.7 Å². The molecule has 0 radical (unpaired) electrons. The predicted octanol–water partition coefficient (Wildman–Crippen LogP) is -0.422. The lowest BCUT2D eigenvalue weighted by atomic mass is 10.6. The molecule has 0 bridgehead atoms. The van der Waals surface area contributed by atoms with Gasteiger partial charge >= 0.3 is 5.97 Å². The number of carbonyl (C=O) groups excluding carboxylic acids is 1. The maximum absolute atomic E-state index is 11.0. The number of hydrogen-bond acceptors (Lipinski definition) is 6. The van der Waals surface area contributed by atoms with Gasteiger partial charge in [-0.3, -0.25) is 10.1 Å². The number of amides is 1. The third kappa shape index (κ3) is 3.92. The molecular formula is C6H7N3O4S. The highest BCUT2D eigenvalue weighted by Gasteiger charge is 2.05. The molecule has 0 unspecified atom stereocenters. The zero-order chi connectivity index (χ0) is 10.4. The van der Waals surface area contributed by atoms with Crippen LogP contribution in [-0.4, -0.2) is 40.4 Å². The summed E-state index contributed by atoms with van der Waals surface area (Å²) >= 11 is 1.16. The zero-order valence-electron chi connectivity index (χ0n) is 6.97. The molecule has 1 heterocycles. The van der Waals surface area contributed by atoms with Crippen molar-refractivity contribution in [3.8, 4) is 0 Å². The molecule has 1 amide bonds. The van der Waals surface area contributed by atoms with E-state index in [1.54, 1.807) is 0 Å². The fraction of sp³-hybridized carbons (Fsp3) is 0.333. The molecule has 1 aromatic heterocycles. The fourth-order valence-corrected chi connectivity index (χ4v) is 1.08. The third-order valence-corrected chi connectivity index (χ3v) is 1.67. The molecule has 0 aliphatic carbocycles. The first-order valence-corrected chi connectivity index (χ1v) is 4.42. The smallest absolute Gasteiger partial charge is 0.329 e. The van der Waals surface area contributed by atoms with Crippen molar-refractivity contribution in [3.63, 3.8) is 0 Å². The van der Waals surface area contributed by atoms with E-state index in [4.69, 9.17) is 5.11 Å². The van der Waals surface area contributed by atoms with Crippen molar-refractivity contribution in [1.29, 1.82) is 0 Å². The van der Waals surface area contributed by atoms with Crippen LogP contribution in [0, 0.1) is 0 Å². The van der Waals surface area contributed by atoms with Crippen LogP contribution >= 0.6 is 11.3 Å². The Hall–Kier alpha value is -1.54. The van der Waals surface area contributed by atoms with Gasteiger partial charge in [0.2, 0.25) is 5.13 Å². The number of nitrogens with zero attached hydrogens (tertiary/aromatic N) is 2. The highest BCUT2D eigenvalue weighted by Crippen LogP contribution is 2.06. The quantitative estimate of drug-likeness (QED) is 0.694. The number of carboxylic acid groups (broad SMARTS) is 1. The molecular weight excluding hydrogens is 210 g/mol. The molecule has 76 valence electrons. The summed E-state index contributed by atoms with van der Waals surface area (Å²) in [6, 6.07) is 0. The molecule has 0 fully saturated rings. The van der Waals surface area contributed by atoms with Crippen LogP contribution in [0.5, 0.6) is 0 Å². The maximum Gasteiger partial charge on any atom is 0.329 e. The molecule has 0 saturated carbocycles. The SMILES string of the molecule is O=C(O)COCC(=O)Nc1nncs1. The minimum Gasteiger partial charge on any atom is -0.480 e. The van der Waals surface area contributed by atoms with E-state index in [-0.39, 0.29) is 6.61 Å². The van der Waals surface area contributed by atoms with E-state index < -0.39 is 18.5 Å². The molecule has 0 aliphatic heterocycles. The number of ether oxygens (including phenoxy) is 1. The van der Waals surface area contributed by atoms with E-state index in [0.29, 0.717) is 5.13 Å². The van der Waals surface area contributed by atoms with E-state index in [1.807, 2.05) is 0 Å². The summed E-state index contributed by atoms with van der Waals surface area (Å²) in [6.45, 7) is -0.810. The normalized spacial score (nSPS) is 9.71. The molecule has 7 nitrogen and oxygen atoms in total. The van der Waals surface area contributed by atoms with Crippen molar-refractivity contribution in [3.05, 3.63) is 5.51 Å². The first kappa shape index (κ1) is 10.5. The molecule has 0 spiro atoms. The Morgan fingerprint density at radius 3 is 2.93 bits per heavy atom. The Morgan fingerprint density at radius 2 is 2.36 bits per heavy atom. The highest BCUT2D eigenvalue weighted by molar-refractivity contribution is 7.13. The Morgan fingerprint density at radius 1 is 1.57 bits per heavy atom. The Kier molecular flexibility index (Phi) is 3.95. The average molecular weight is 217 g/mol. The van der Waals surface area contributed by atoms with Crippen LogP contribution in [0.1, 0.15) is 0 Å². The minimum absolute atomic E-state index is 0.314. The van der Waals surface area contributed by atoms with Crippen LogP contribution in [0.2, 0.25) is 0 Å². The van der Waals surface area contributed by atoms with Gasteiger partial charge < -0.3 is 9.84 Å². The van der Waals surface area contributed by atoms with Gasteiger partial charge in [-0.1, -0.05) is 11.3 Å². The maximum atomic E-state index is 11.0. The third-order valence-electron chi connectivity index (χ3n) is 1.07. The second kappa shape index (κ2) is 5.25. The van der Waals surface area contributed by atoms with Crippen molar-refractivity contribution >= 4 is 28.3 Å².